The van der Waals surface area contributed by atoms with Gasteiger partial charge < -0.3 is 11.5 Å². The van der Waals surface area contributed by atoms with Crippen molar-refractivity contribution in [2.45, 2.75) is 105 Å². The number of nitrogens with two attached hydrogens (primary N) is 2. The zero-order chi connectivity index (χ0) is 18.8. The van der Waals surface area contributed by atoms with Gasteiger partial charge in [0.25, 0.3) is 0 Å². The fraction of sp³-hybridized carbons (Fsp3) is 1.00. The topological polar surface area (TPSA) is 52.0 Å². The molecule has 4 N–H and O–H groups in total. The van der Waals surface area contributed by atoms with E-state index >= 15 is 0 Å². The van der Waals surface area contributed by atoms with Crippen LogP contribution in [0.2, 0.25) is 0 Å². The van der Waals surface area contributed by atoms with Crippen LogP contribution in [0.5, 0.6) is 0 Å². The van der Waals surface area contributed by atoms with Crippen LogP contribution in [0, 0.1) is 40.9 Å². The van der Waals surface area contributed by atoms with Crippen LogP contribution in [-0.2, 0) is 0 Å². The Morgan fingerprint density at radius 3 is 1.40 bits per heavy atom. The van der Waals surface area contributed by atoms with Gasteiger partial charge in [0.1, 0.15) is 0 Å². The zero-order valence-electron chi connectivity index (χ0n) is 17.9. The summed E-state index contributed by atoms with van der Waals surface area (Å²) in [5.41, 5.74) is 13.3. The summed E-state index contributed by atoms with van der Waals surface area (Å²) in [6.07, 6.45) is 10.4. The molecule has 2 fully saturated rings. The van der Waals surface area contributed by atoms with Gasteiger partial charge in [0.05, 0.1) is 0 Å². The Balaban J connectivity index is 2.41. The van der Waals surface area contributed by atoms with Gasteiger partial charge in [0.15, 0.2) is 0 Å². The molecule has 0 radical (unpaired) electrons. The van der Waals surface area contributed by atoms with Gasteiger partial charge in [-0.2, -0.15) is 0 Å². The normalized spacial score (nSPS) is 41.8. The molecule has 0 heterocycles. The van der Waals surface area contributed by atoms with Crippen LogP contribution in [0.3, 0.4) is 0 Å². The molecule has 2 aliphatic carbocycles. The van der Waals surface area contributed by atoms with Crippen LogP contribution in [0.1, 0.15) is 92.9 Å². The van der Waals surface area contributed by atoms with E-state index in [9.17, 15) is 0 Å². The number of hydrogen-bond donors (Lipinski definition) is 2. The van der Waals surface area contributed by atoms with Gasteiger partial charge >= 0.3 is 0 Å². The van der Waals surface area contributed by atoms with Crippen LogP contribution in [0.25, 0.3) is 0 Å². The molecule has 0 aromatic rings. The molecule has 0 aromatic carbocycles. The highest BCUT2D eigenvalue weighted by atomic mass is 14.7. The Kier molecular flexibility index (Phi) is 7.42. The maximum absolute atomic E-state index is 6.40. The molecule has 0 amide bonds. The lowest BCUT2D eigenvalue weighted by Crippen LogP contribution is -2.53. The number of hydrogen-bond acceptors (Lipinski definition) is 2. The summed E-state index contributed by atoms with van der Waals surface area (Å²) >= 11 is 0. The van der Waals surface area contributed by atoms with Crippen LogP contribution < -0.4 is 11.5 Å². The SMILES string of the molecule is CCC(C)C(C(C)CC)(C1CCC(N)C(C)C1)C1CCC(N)C(C)C1. The minimum absolute atomic E-state index is 0.418. The van der Waals surface area contributed by atoms with E-state index in [-0.39, 0.29) is 0 Å². The van der Waals surface area contributed by atoms with Crippen molar-refractivity contribution in [1.29, 1.82) is 0 Å². The smallest absolute Gasteiger partial charge is 0.00647 e. The minimum Gasteiger partial charge on any atom is -0.327 e. The van der Waals surface area contributed by atoms with Crippen LogP contribution in [0.4, 0.5) is 0 Å². The first-order valence-corrected chi connectivity index (χ1v) is 11.3. The maximum atomic E-state index is 6.40. The number of rotatable bonds is 6. The molecule has 25 heavy (non-hydrogen) atoms. The fourth-order valence-electron chi connectivity index (χ4n) is 6.88. The molecular weight excluding hydrogens is 304 g/mol. The molecule has 2 rings (SSSR count). The molecule has 8 atom stereocenters. The first-order chi connectivity index (χ1) is 11.8. The molecular formula is C23H46N2. The Bertz CT molecular complexity index is 369. The minimum atomic E-state index is 0.418. The first-order valence-electron chi connectivity index (χ1n) is 11.3. The van der Waals surface area contributed by atoms with Gasteiger partial charge in [-0.05, 0) is 79.4 Å². The second-order valence-electron chi connectivity index (χ2n) is 9.92. The molecule has 0 bridgehead atoms. The van der Waals surface area contributed by atoms with Gasteiger partial charge in [0.2, 0.25) is 0 Å². The molecule has 0 aromatic heterocycles. The van der Waals surface area contributed by atoms with Crippen LogP contribution in [-0.4, -0.2) is 12.1 Å². The summed E-state index contributed by atoms with van der Waals surface area (Å²) < 4.78 is 0. The van der Waals surface area contributed by atoms with Crippen molar-refractivity contribution < 1.29 is 0 Å². The van der Waals surface area contributed by atoms with Gasteiger partial charge in [0, 0.05) is 12.1 Å². The summed E-state index contributed by atoms with van der Waals surface area (Å²) in [7, 11) is 0. The average Bonchev–Trinajstić information content (AvgIpc) is 2.60. The van der Waals surface area contributed by atoms with Crippen LogP contribution in [0.15, 0.2) is 0 Å². The van der Waals surface area contributed by atoms with E-state index in [2.05, 4.69) is 41.5 Å². The molecule has 148 valence electrons. The summed E-state index contributed by atoms with van der Waals surface area (Å²) in [5.74, 6) is 4.63. The zero-order valence-corrected chi connectivity index (χ0v) is 17.9. The summed E-state index contributed by atoms with van der Waals surface area (Å²) in [6, 6.07) is 0.836. The maximum Gasteiger partial charge on any atom is 0.00647 e. The second kappa shape index (κ2) is 8.74. The monoisotopic (exact) mass is 350 g/mol. The van der Waals surface area contributed by atoms with Crippen molar-refractivity contribution >= 4 is 0 Å². The molecule has 0 aliphatic heterocycles. The third-order valence-corrected chi connectivity index (χ3v) is 8.82. The molecule has 0 saturated heterocycles. The summed E-state index contributed by atoms with van der Waals surface area (Å²) in [5, 5.41) is 0. The van der Waals surface area contributed by atoms with Gasteiger partial charge in [-0.3, -0.25) is 0 Å². The summed E-state index contributed by atoms with van der Waals surface area (Å²) in [6.45, 7) is 14.7. The van der Waals surface area contributed by atoms with Gasteiger partial charge in [-0.1, -0.05) is 54.4 Å². The summed E-state index contributed by atoms with van der Waals surface area (Å²) in [4.78, 5) is 0. The third kappa shape index (κ3) is 3.95. The Labute approximate surface area is 157 Å². The van der Waals surface area contributed by atoms with Crippen LogP contribution >= 0.6 is 0 Å². The molecule has 2 aliphatic rings. The van der Waals surface area contributed by atoms with E-state index in [1.807, 2.05) is 0 Å². The lowest BCUT2D eigenvalue weighted by atomic mass is 9.47. The quantitative estimate of drug-likeness (QED) is 0.656. The second-order valence-corrected chi connectivity index (χ2v) is 9.92. The Morgan fingerprint density at radius 2 is 1.12 bits per heavy atom. The average molecular weight is 351 g/mol. The molecule has 2 saturated carbocycles. The van der Waals surface area contributed by atoms with Gasteiger partial charge in [-0.15, -0.1) is 0 Å². The van der Waals surface area contributed by atoms with E-state index in [1.165, 1.54) is 51.4 Å². The lowest BCUT2D eigenvalue weighted by molar-refractivity contribution is -0.0913. The van der Waals surface area contributed by atoms with Gasteiger partial charge in [-0.25, -0.2) is 0 Å². The lowest BCUT2D eigenvalue weighted by Gasteiger charge is -2.58. The van der Waals surface area contributed by atoms with Crippen molar-refractivity contribution in [2.24, 2.45) is 52.4 Å². The largest absolute Gasteiger partial charge is 0.327 e. The van der Waals surface area contributed by atoms with E-state index in [1.54, 1.807) is 0 Å². The molecule has 2 heteroatoms. The van der Waals surface area contributed by atoms with Crippen molar-refractivity contribution in [2.75, 3.05) is 0 Å². The standard InChI is InChI=1S/C23H46N2/c1-7-17(5)23(18(6)8-2,19-9-11-21(24)15(3)13-19)20-10-12-22(25)16(4)14-20/h15-22H,7-14,24-25H2,1-6H3. The highest BCUT2D eigenvalue weighted by Gasteiger charge is 2.53. The van der Waals surface area contributed by atoms with E-state index in [0.29, 0.717) is 29.3 Å². The Hall–Kier alpha value is -0.0800. The van der Waals surface area contributed by atoms with E-state index in [0.717, 1.165) is 23.7 Å². The highest BCUT2D eigenvalue weighted by molar-refractivity contribution is 5.03. The van der Waals surface area contributed by atoms with E-state index in [4.69, 9.17) is 11.5 Å². The van der Waals surface area contributed by atoms with Crippen molar-refractivity contribution in [1.82, 2.24) is 0 Å². The first kappa shape index (κ1) is 21.2. The predicted octanol–water partition coefficient (Wildman–Crippen LogP) is 5.59. The van der Waals surface area contributed by atoms with Crippen molar-refractivity contribution in [3.63, 3.8) is 0 Å². The van der Waals surface area contributed by atoms with Crippen molar-refractivity contribution in [3.8, 4) is 0 Å². The predicted molar refractivity (Wildman–Crippen MR) is 110 cm³/mol. The Morgan fingerprint density at radius 1 is 0.760 bits per heavy atom. The van der Waals surface area contributed by atoms with Crippen molar-refractivity contribution in [3.05, 3.63) is 0 Å². The van der Waals surface area contributed by atoms with E-state index < -0.39 is 0 Å². The molecule has 2 nitrogen and oxygen atoms in total. The molecule has 0 spiro atoms. The molecule has 8 unspecified atom stereocenters. The fourth-order valence-corrected chi connectivity index (χ4v) is 6.88. The highest BCUT2D eigenvalue weighted by Crippen LogP contribution is 2.59. The third-order valence-electron chi connectivity index (χ3n) is 8.82.